The number of nitrogens with zero attached hydrogens (tertiary/aromatic N) is 1. The summed E-state index contributed by atoms with van der Waals surface area (Å²) in [6.45, 7) is 0.995. The second kappa shape index (κ2) is 9.43. The average molecular weight is 454 g/mol. The number of carbonyl (C=O) groups is 2. The number of ether oxygens (including phenoxy) is 2. The summed E-state index contributed by atoms with van der Waals surface area (Å²) in [5.41, 5.74) is 4.88. The number of hydrogen-bond acceptors (Lipinski definition) is 6. The minimum Gasteiger partial charge on any atom is -0.495 e. The van der Waals surface area contributed by atoms with Crippen molar-refractivity contribution >= 4 is 33.4 Å². The topological polar surface area (TPSA) is 114 Å². The molecular weight excluding hydrogens is 434 g/mol. The number of sulfonamides is 1. The number of methoxy groups -OCH3 is 1. The van der Waals surface area contributed by atoms with Crippen LogP contribution in [0.5, 0.6) is 5.75 Å². The van der Waals surface area contributed by atoms with Crippen LogP contribution < -0.4 is 15.6 Å². The highest BCUT2D eigenvalue weighted by Crippen LogP contribution is 2.28. The Morgan fingerprint density at radius 2 is 1.57 bits per heavy atom. The number of hydrazine groups is 1. The first-order chi connectivity index (χ1) is 14.3. The van der Waals surface area contributed by atoms with Crippen LogP contribution in [0.25, 0.3) is 0 Å². The van der Waals surface area contributed by atoms with Gasteiger partial charge in [-0.3, -0.25) is 20.4 Å². The van der Waals surface area contributed by atoms with Gasteiger partial charge in [0, 0.05) is 29.2 Å². The van der Waals surface area contributed by atoms with E-state index in [9.17, 15) is 18.0 Å². The van der Waals surface area contributed by atoms with E-state index in [1.807, 2.05) is 0 Å². The van der Waals surface area contributed by atoms with Gasteiger partial charge in [0.1, 0.15) is 10.6 Å². The van der Waals surface area contributed by atoms with Gasteiger partial charge in [-0.2, -0.15) is 4.31 Å². The predicted molar refractivity (Wildman–Crippen MR) is 109 cm³/mol. The molecule has 0 unspecified atom stereocenters. The molecule has 2 aromatic carbocycles. The van der Waals surface area contributed by atoms with Crippen molar-refractivity contribution in [3.05, 3.63) is 58.6 Å². The largest absolute Gasteiger partial charge is 0.495 e. The summed E-state index contributed by atoms with van der Waals surface area (Å²) in [5, 5.41) is 0.475. The van der Waals surface area contributed by atoms with Crippen LogP contribution in [0.15, 0.2) is 47.4 Å². The molecular formula is C19H20ClN3O6S. The van der Waals surface area contributed by atoms with Gasteiger partial charge in [0.05, 0.1) is 20.3 Å². The number of rotatable bonds is 5. The molecule has 1 fully saturated rings. The quantitative estimate of drug-likeness (QED) is 0.662. The van der Waals surface area contributed by atoms with E-state index in [0.717, 1.165) is 0 Å². The van der Waals surface area contributed by atoms with Gasteiger partial charge in [0.2, 0.25) is 10.0 Å². The van der Waals surface area contributed by atoms with Crippen LogP contribution in [-0.4, -0.2) is 58.0 Å². The van der Waals surface area contributed by atoms with E-state index in [0.29, 0.717) is 23.8 Å². The molecule has 30 heavy (non-hydrogen) atoms. The molecule has 9 nitrogen and oxygen atoms in total. The molecule has 0 bridgehead atoms. The van der Waals surface area contributed by atoms with Crippen LogP contribution in [-0.2, 0) is 14.8 Å². The number of nitrogens with one attached hydrogen (secondary N) is 2. The lowest BCUT2D eigenvalue weighted by atomic mass is 10.2. The second-order valence-electron chi connectivity index (χ2n) is 6.30. The Labute approximate surface area is 178 Å². The summed E-state index contributed by atoms with van der Waals surface area (Å²) in [6, 6.07) is 10.1. The van der Waals surface area contributed by atoms with E-state index in [1.54, 1.807) is 12.1 Å². The maximum Gasteiger partial charge on any atom is 0.269 e. The summed E-state index contributed by atoms with van der Waals surface area (Å²) in [4.78, 5) is 24.5. The summed E-state index contributed by atoms with van der Waals surface area (Å²) < 4.78 is 37.6. The number of hydrogen-bond donors (Lipinski definition) is 2. The van der Waals surface area contributed by atoms with Crippen molar-refractivity contribution in [1.82, 2.24) is 15.2 Å². The Morgan fingerprint density at radius 3 is 2.17 bits per heavy atom. The summed E-state index contributed by atoms with van der Waals surface area (Å²) in [7, 11) is -2.54. The standard InChI is InChI=1S/C19H20ClN3O6S/c1-28-16-7-4-14(12-17(16)30(26,27)23-8-10-29-11-9-23)19(25)22-21-18(24)13-2-5-15(20)6-3-13/h2-7,12H,8-11H2,1H3,(H,21,24)(H,22,25). The first kappa shape index (κ1) is 22.0. The number of halogens is 1. The van der Waals surface area contributed by atoms with Crippen molar-refractivity contribution in [3.63, 3.8) is 0 Å². The monoisotopic (exact) mass is 453 g/mol. The fourth-order valence-electron chi connectivity index (χ4n) is 2.80. The molecule has 2 amide bonds. The Bertz CT molecular complexity index is 1040. The van der Waals surface area contributed by atoms with Crippen LogP contribution >= 0.6 is 11.6 Å². The lowest BCUT2D eigenvalue weighted by Crippen LogP contribution is -2.42. The third kappa shape index (κ3) is 4.90. The van der Waals surface area contributed by atoms with Gasteiger partial charge in [-0.1, -0.05) is 11.6 Å². The van der Waals surface area contributed by atoms with E-state index >= 15 is 0 Å². The minimum absolute atomic E-state index is 0.0408. The van der Waals surface area contributed by atoms with Gasteiger partial charge in [-0.05, 0) is 42.5 Å². The van der Waals surface area contributed by atoms with Gasteiger partial charge in [0.25, 0.3) is 11.8 Å². The highest BCUT2D eigenvalue weighted by atomic mass is 35.5. The normalized spacial score (nSPS) is 14.7. The zero-order valence-corrected chi connectivity index (χ0v) is 17.6. The van der Waals surface area contributed by atoms with E-state index in [-0.39, 0.29) is 29.3 Å². The zero-order valence-electron chi connectivity index (χ0n) is 16.1. The molecule has 0 spiro atoms. The van der Waals surface area contributed by atoms with Gasteiger partial charge in [-0.25, -0.2) is 8.42 Å². The third-order valence-electron chi connectivity index (χ3n) is 4.41. The van der Waals surface area contributed by atoms with Crippen LogP contribution in [0.4, 0.5) is 0 Å². The predicted octanol–water partition coefficient (Wildman–Crippen LogP) is 1.44. The molecule has 2 aromatic rings. The van der Waals surface area contributed by atoms with Crippen LogP contribution in [0.1, 0.15) is 20.7 Å². The average Bonchev–Trinajstić information content (AvgIpc) is 2.77. The van der Waals surface area contributed by atoms with Crippen molar-refractivity contribution in [2.45, 2.75) is 4.90 Å². The second-order valence-corrected chi connectivity index (χ2v) is 8.64. The maximum absolute atomic E-state index is 13.0. The first-order valence-corrected chi connectivity index (χ1v) is 10.8. The van der Waals surface area contributed by atoms with Crippen molar-refractivity contribution in [1.29, 1.82) is 0 Å². The lowest BCUT2D eigenvalue weighted by Gasteiger charge is -2.26. The molecule has 0 radical (unpaired) electrons. The Morgan fingerprint density at radius 1 is 1.00 bits per heavy atom. The van der Waals surface area contributed by atoms with E-state index in [4.69, 9.17) is 21.1 Å². The SMILES string of the molecule is COc1ccc(C(=O)NNC(=O)c2ccc(Cl)cc2)cc1S(=O)(=O)N1CCOCC1. The molecule has 0 saturated carbocycles. The van der Waals surface area contributed by atoms with E-state index < -0.39 is 21.8 Å². The molecule has 0 aromatic heterocycles. The molecule has 11 heteroatoms. The van der Waals surface area contributed by atoms with Crippen molar-refractivity contribution in [2.24, 2.45) is 0 Å². The minimum atomic E-state index is -3.89. The molecule has 1 aliphatic rings. The summed E-state index contributed by atoms with van der Waals surface area (Å²) >= 11 is 5.79. The first-order valence-electron chi connectivity index (χ1n) is 8.95. The zero-order chi connectivity index (χ0) is 21.7. The van der Waals surface area contributed by atoms with Crippen molar-refractivity contribution < 1.29 is 27.5 Å². The fraction of sp³-hybridized carbons (Fsp3) is 0.263. The molecule has 1 saturated heterocycles. The van der Waals surface area contributed by atoms with Crippen LogP contribution in [0.3, 0.4) is 0 Å². The van der Waals surface area contributed by atoms with E-state index in [1.165, 1.54) is 41.7 Å². The van der Waals surface area contributed by atoms with Crippen LogP contribution in [0.2, 0.25) is 5.02 Å². The highest BCUT2D eigenvalue weighted by Gasteiger charge is 2.30. The Hall–Kier alpha value is -2.66. The Balaban J connectivity index is 1.77. The number of amides is 2. The lowest BCUT2D eigenvalue weighted by molar-refractivity contribution is 0.0729. The van der Waals surface area contributed by atoms with E-state index in [2.05, 4.69) is 10.9 Å². The number of benzene rings is 2. The van der Waals surface area contributed by atoms with Crippen molar-refractivity contribution in [2.75, 3.05) is 33.4 Å². The molecule has 0 aliphatic carbocycles. The highest BCUT2D eigenvalue weighted by molar-refractivity contribution is 7.89. The van der Waals surface area contributed by atoms with Crippen LogP contribution in [0, 0.1) is 0 Å². The maximum atomic E-state index is 13.0. The summed E-state index contributed by atoms with van der Waals surface area (Å²) in [6.07, 6.45) is 0. The molecule has 160 valence electrons. The molecule has 0 atom stereocenters. The van der Waals surface area contributed by atoms with Crippen molar-refractivity contribution in [3.8, 4) is 5.75 Å². The fourth-order valence-corrected chi connectivity index (χ4v) is 4.52. The number of morpholine rings is 1. The van der Waals surface area contributed by atoms with Gasteiger partial charge < -0.3 is 9.47 Å². The Kier molecular flexibility index (Phi) is 6.93. The number of carbonyl (C=O) groups excluding carboxylic acids is 2. The third-order valence-corrected chi connectivity index (χ3v) is 6.58. The van der Waals surface area contributed by atoms with Gasteiger partial charge in [-0.15, -0.1) is 0 Å². The molecule has 1 aliphatic heterocycles. The van der Waals surface area contributed by atoms with Gasteiger partial charge in [0.15, 0.2) is 0 Å². The summed E-state index contributed by atoms with van der Waals surface area (Å²) in [5.74, 6) is -1.11. The molecule has 3 rings (SSSR count). The molecule has 1 heterocycles. The van der Waals surface area contributed by atoms with Gasteiger partial charge >= 0.3 is 0 Å². The molecule has 2 N–H and O–H groups in total. The smallest absolute Gasteiger partial charge is 0.269 e.